The molecule has 0 aliphatic carbocycles. The van der Waals surface area contributed by atoms with Gasteiger partial charge >= 0.3 is 7.12 Å². The Morgan fingerprint density at radius 2 is 1.38 bits per heavy atom. The van der Waals surface area contributed by atoms with Crippen LogP contribution >= 0.6 is 0 Å². The second-order valence-electron chi connectivity index (χ2n) is 18.8. The summed E-state index contributed by atoms with van der Waals surface area (Å²) in [6.07, 6.45) is 0.953. The molecule has 5 rings (SSSR count). The SMILES string of the molecule is CC1(C)OB(c2ccc([C@@H]3[C@@H](CC[C@H](O[Si](C)(C)C(C)(C)C)c4ccc(F)cc4)C(=O)N3c3ccccc3)c(O[Si](C)(C)C(C)(C)C)c2)OC1(C)C. The minimum absolute atomic E-state index is 0.0148. The fourth-order valence-corrected chi connectivity index (χ4v) is 8.69. The zero-order valence-corrected chi connectivity index (χ0v) is 36.0. The predicted molar refractivity (Wildman–Crippen MR) is 217 cm³/mol. The lowest BCUT2D eigenvalue weighted by molar-refractivity contribution is -0.131. The molecule has 0 saturated carbocycles. The number of anilines is 1. The van der Waals surface area contributed by atoms with E-state index in [1.807, 2.05) is 47.4 Å². The van der Waals surface area contributed by atoms with E-state index in [4.69, 9.17) is 18.2 Å². The molecule has 2 aliphatic rings. The molecule has 6 nitrogen and oxygen atoms in total. The number of para-hydroxylation sites is 1. The molecule has 0 spiro atoms. The number of benzene rings is 3. The van der Waals surface area contributed by atoms with Crippen molar-refractivity contribution in [3.8, 4) is 5.75 Å². The molecule has 0 radical (unpaired) electrons. The number of rotatable bonds is 11. The highest BCUT2D eigenvalue weighted by Crippen LogP contribution is 2.51. The Bertz CT molecular complexity index is 1720. The molecule has 3 aromatic rings. The van der Waals surface area contributed by atoms with Crippen molar-refractivity contribution >= 4 is 40.8 Å². The van der Waals surface area contributed by atoms with Crippen LogP contribution in [0.4, 0.5) is 10.1 Å². The zero-order chi connectivity index (χ0) is 38.7. The minimum Gasteiger partial charge on any atom is -0.543 e. The summed E-state index contributed by atoms with van der Waals surface area (Å²) >= 11 is 0. The highest BCUT2D eigenvalue weighted by atomic mass is 28.4. The maximum absolute atomic E-state index is 14.3. The molecule has 3 aromatic carbocycles. The van der Waals surface area contributed by atoms with E-state index in [2.05, 4.69) is 114 Å². The number of hydrogen-bond acceptors (Lipinski definition) is 5. The number of amides is 1. The Balaban J connectivity index is 1.57. The number of β-lactam (4-membered cyclic amide) rings is 1. The third kappa shape index (κ3) is 8.02. The van der Waals surface area contributed by atoms with Gasteiger partial charge < -0.3 is 23.1 Å². The van der Waals surface area contributed by atoms with Crippen molar-refractivity contribution in [1.29, 1.82) is 0 Å². The molecule has 282 valence electrons. The van der Waals surface area contributed by atoms with Gasteiger partial charge in [-0.3, -0.25) is 4.79 Å². The van der Waals surface area contributed by atoms with Crippen molar-refractivity contribution in [3.05, 3.63) is 89.7 Å². The van der Waals surface area contributed by atoms with Crippen LogP contribution in [0.15, 0.2) is 72.8 Å². The van der Waals surface area contributed by atoms with Crippen molar-refractivity contribution in [2.45, 2.75) is 142 Å². The van der Waals surface area contributed by atoms with E-state index in [0.29, 0.717) is 12.8 Å². The number of nitrogens with zero attached hydrogens (tertiary/aromatic N) is 1. The Labute approximate surface area is 315 Å². The largest absolute Gasteiger partial charge is 0.543 e. The molecule has 1 amide bonds. The van der Waals surface area contributed by atoms with Gasteiger partial charge in [0.25, 0.3) is 0 Å². The van der Waals surface area contributed by atoms with Crippen LogP contribution < -0.4 is 14.8 Å². The van der Waals surface area contributed by atoms with Crippen LogP contribution in [0, 0.1) is 11.7 Å². The number of hydrogen-bond donors (Lipinski definition) is 0. The summed E-state index contributed by atoms with van der Waals surface area (Å²) in [5.41, 5.74) is 2.68. The molecule has 0 N–H and O–H groups in total. The number of carbonyl (C=O) groups excluding carboxylic acids is 1. The summed E-state index contributed by atoms with van der Waals surface area (Å²) in [6.45, 7) is 30.6. The van der Waals surface area contributed by atoms with Gasteiger partial charge in [-0.25, -0.2) is 4.39 Å². The Morgan fingerprint density at radius 1 is 0.827 bits per heavy atom. The van der Waals surface area contributed by atoms with E-state index in [1.165, 1.54) is 12.1 Å². The second-order valence-corrected chi connectivity index (χ2v) is 28.3. The molecule has 2 saturated heterocycles. The van der Waals surface area contributed by atoms with Gasteiger partial charge in [0.2, 0.25) is 14.2 Å². The van der Waals surface area contributed by atoms with Crippen LogP contribution in [-0.2, 0) is 18.5 Å². The summed E-state index contributed by atoms with van der Waals surface area (Å²) in [4.78, 5) is 16.3. The molecular formula is C42H61BFNO5Si2. The first-order valence-corrected chi connectivity index (χ1v) is 24.7. The molecule has 2 aliphatic heterocycles. The monoisotopic (exact) mass is 745 g/mol. The van der Waals surface area contributed by atoms with Gasteiger partial charge in [-0.05, 0) is 118 Å². The van der Waals surface area contributed by atoms with Crippen molar-refractivity contribution < 1.29 is 27.3 Å². The third-order valence-corrected chi connectivity index (χ3v) is 21.4. The smallest absolute Gasteiger partial charge is 0.494 e. The molecule has 2 fully saturated rings. The first kappa shape index (κ1) is 40.4. The molecule has 0 bridgehead atoms. The van der Waals surface area contributed by atoms with Gasteiger partial charge in [0, 0.05) is 11.3 Å². The first-order chi connectivity index (χ1) is 23.9. The van der Waals surface area contributed by atoms with Gasteiger partial charge in [-0.15, -0.1) is 0 Å². The average Bonchev–Trinajstić information content (AvgIpc) is 3.25. The van der Waals surface area contributed by atoms with Crippen LogP contribution in [0.5, 0.6) is 5.75 Å². The normalized spacial score (nSPS) is 21.2. The molecule has 0 aromatic heterocycles. The summed E-state index contributed by atoms with van der Waals surface area (Å²) in [6, 6.07) is 22.6. The Kier molecular flexibility index (Phi) is 11.0. The van der Waals surface area contributed by atoms with Gasteiger partial charge in [0.05, 0.1) is 29.3 Å². The third-order valence-electron chi connectivity index (χ3n) is 12.5. The standard InChI is InChI=1S/C42H61BFNO5Si2/c1-39(2,3)51(11,12)47-35(29-20-23-31(44)24-21-29)27-26-34-37(45(38(34)46)32-18-16-15-17-19-32)33-25-22-30(43-49-41(7,8)42(9,10)50-43)28-36(33)48-52(13,14)40(4,5)6/h15-25,28,34-35,37H,26-27H2,1-14H3/t34-,35+,37-/m1/s1. The molecule has 2 heterocycles. The molecule has 0 unspecified atom stereocenters. The summed E-state index contributed by atoms with van der Waals surface area (Å²) in [7, 11) is -5.09. The van der Waals surface area contributed by atoms with Crippen molar-refractivity contribution in [2.24, 2.45) is 5.92 Å². The zero-order valence-electron chi connectivity index (χ0n) is 34.0. The average molecular weight is 746 g/mol. The van der Waals surface area contributed by atoms with E-state index < -0.39 is 35.0 Å². The first-order valence-electron chi connectivity index (χ1n) is 18.9. The fraction of sp³-hybridized carbons (Fsp3) is 0.548. The van der Waals surface area contributed by atoms with Gasteiger partial charge in [0.15, 0.2) is 8.32 Å². The quantitative estimate of drug-likeness (QED) is 0.144. The predicted octanol–water partition coefficient (Wildman–Crippen LogP) is 10.8. The number of halogens is 1. The van der Waals surface area contributed by atoms with Crippen LogP contribution in [0.2, 0.25) is 36.3 Å². The maximum Gasteiger partial charge on any atom is 0.494 e. The highest BCUT2D eigenvalue weighted by Gasteiger charge is 2.54. The van der Waals surface area contributed by atoms with Gasteiger partial charge in [-0.2, -0.15) is 0 Å². The van der Waals surface area contributed by atoms with Crippen molar-refractivity contribution in [2.75, 3.05) is 4.90 Å². The molecule has 52 heavy (non-hydrogen) atoms. The van der Waals surface area contributed by atoms with Crippen molar-refractivity contribution in [1.82, 2.24) is 0 Å². The van der Waals surface area contributed by atoms with Gasteiger partial charge in [0.1, 0.15) is 11.6 Å². The lowest BCUT2D eigenvalue weighted by Gasteiger charge is -2.49. The molecule has 3 atom stereocenters. The van der Waals surface area contributed by atoms with E-state index in [0.717, 1.165) is 28.0 Å². The van der Waals surface area contributed by atoms with Gasteiger partial charge in [-0.1, -0.05) is 84.0 Å². The summed E-state index contributed by atoms with van der Waals surface area (Å²) in [5, 5.41) is -0.0683. The molecular weight excluding hydrogens is 684 g/mol. The summed E-state index contributed by atoms with van der Waals surface area (Å²) < 4.78 is 41.2. The minimum atomic E-state index is -2.33. The summed E-state index contributed by atoms with van der Waals surface area (Å²) in [5.74, 6) is 0.265. The maximum atomic E-state index is 14.3. The van der Waals surface area contributed by atoms with E-state index in [1.54, 1.807) is 0 Å². The van der Waals surface area contributed by atoms with E-state index in [9.17, 15) is 9.18 Å². The highest BCUT2D eigenvalue weighted by molar-refractivity contribution is 6.75. The van der Waals surface area contributed by atoms with Crippen LogP contribution in [-0.4, -0.2) is 40.9 Å². The van der Waals surface area contributed by atoms with Crippen LogP contribution in [0.3, 0.4) is 0 Å². The lowest BCUT2D eigenvalue weighted by atomic mass is 9.74. The Morgan fingerprint density at radius 3 is 1.92 bits per heavy atom. The van der Waals surface area contributed by atoms with Crippen molar-refractivity contribution in [3.63, 3.8) is 0 Å². The second kappa shape index (κ2) is 14.1. The van der Waals surface area contributed by atoms with E-state index in [-0.39, 0.29) is 39.9 Å². The number of carbonyl (C=O) groups is 1. The van der Waals surface area contributed by atoms with Crippen LogP contribution in [0.1, 0.15) is 105 Å². The Hall–Kier alpha value is -2.76. The van der Waals surface area contributed by atoms with Crippen LogP contribution in [0.25, 0.3) is 0 Å². The fourth-order valence-electron chi connectivity index (χ4n) is 6.33. The topological polar surface area (TPSA) is 57.2 Å². The molecule has 10 heteroatoms. The lowest BCUT2D eigenvalue weighted by Crippen LogP contribution is -2.56. The van der Waals surface area contributed by atoms with E-state index >= 15 is 0 Å².